The molecule has 0 aliphatic rings. The summed E-state index contributed by atoms with van der Waals surface area (Å²) in [7, 11) is 0. The first kappa shape index (κ1) is 13.5. The predicted octanol–water partition coefficient (Wildman–Crippen LogP) is 3.52. The number of benzene rings is 2. The second-order valence-corrected chi connectivity index (χ2v) is 4.74. The van der Waals surface area contributed by atoms with Crippen molar-refractivity contribution in [2.24, 2.45) is 0 Å². The number of rotatable bonds is 4. The summed E-state index contributed by atoms with van der Waals surface area (Å²) in [6.45, 7) is 1.94. The molecule has 0 spiro atoms. The van der Waals surface area contributed by atoms with E-state index in [4.69, 9.17) is 0 Å². The fourth-order valence-electron chi connectivity index (χ4n) is 1.86. The van der Waals surface area contributed by atoms with Crippen molar-refractivity contribution >= 4 is 24.3 Å². The third kappa shape index (κ3) is 3.09. The molecule has 2 N–H and O–H groups in total. The van der Waals surface area contributed by atoms with Crippen molar-refractivity contribution in [2.45, 2.75) is 17.9 Å². The Balaban J connectivity index is 2.32. The van der Waals surface area contributed by atoms with E-state index in [0.29, 0.717) is 5.56 Å². The summed E-state index contributed by atoms with van der Waals surface area (Å²) in [6, 6.07) is 13.9. The molecule has 98 valence electrons. The molecule has 1 atom stereocenters. The van der Waals surface area contributed by atoms with E-state index in [-0.39, 0.29) is 0 Å². The number of carboxylic acid groups (broad SMARTS) is 1. The molecule has 3 nitrogen and oxygen atoms in total. The highest BCUT2D eigenvalue weighted by molar-refractivity contribution is 7.80. The third-order valence-corrected chi connectivity index (χ3v) is 3.51. The molecule has 0 aromatic heterocycles. The summed E-state index contributed by atoms with van der Waals surface area (Å²) in [5.74, 6) is -0.916. The van der Waals surface area contributed by atoms with Gasteiger partial charge >= 0.3 is 5.97 Å². The number of hydrogen-bond acceptors (Lipinski definition) is 3. The molecule has 0 saturated carbocycles. The van der Waals surface area contributed by atoms with E-state index in [9.17, 15) is 9.90 Å². The minimum atomic E-state index is -0.916. The summed E-state index contributed by atoms with van der Waals surface area (Å²) in [5.41, 5.74) is 2.44. The zero-order chi connectivity index (χ0) is 13.8. The second-order valence-electron chi connectivity index (χ2n) is 4.30. The van der Waals surface area contributed by atoms with Gasteiger partial charge in [-0.25, -0.2) is 4.79 Å². The molecule has 0 aliphatic carbocycles. The molecule has 0 radical (unpaired) electrons. The van der Waals surface area contributed by atoms with E-state index in [1.54, 1.807) is 12.1 Å². The fourth-order valence-corrected chi connectivity index (χ4v) is 2.08. The minimum Gasteiger partial charge on any atom is -0.479 e. The Labute approximate surface area is 117 Å². The average molecular weight is 273 g/mol. The number of carbonyl (C=O) groups is 1. The highest BCUT2D eigenvalue weighted by Crippen LogP contribution is 2.27. The normalized spacial score (nSPS) is 11.9. The molecule has 2 aromatic rings. The molecule has 2 rings (SSSR count). The Morgan fingerprint density at radius 2 is 1.84 bits per heavy atom. The molecule has 1 unspecified atom stereocenters. The molecule has 19 heavy (non-hydrogen) atoms. The van der Waals surface area contributed by atoms with Crippen LogP contribution in [0.5, 0.6) is 0 Å². The van der Waals surface area contributed by atoms with E-state index in [1.165, 1.54) is 0 Å². The van der Waals surface area contributed by atoms with Crippen molar-refractivity contribution in [1.82, 2.24) is 0 Å². The summed E-state index contributed by atoms with van der Waals surface area (Å²) in [5, 5.41) is 12.4. The predicted molar refractivity (Wildman–Crippen MR) is 78.9 cm³/mol. The van der Waals surface area contributed by atoms with E-state index in [1.807, 2.05) is 43.3 Å². The van der Waals surface area contributed by atoms with Crippen LogP contribution >= 0.6 is 12.6 Å². The van der Waals surface area contributed by atoms with Crippen molar-refractivity contribution < 1.29 is 9.90 Å². The fraction of sp³-hybridized carbons (Fsp3) is 0.133. The molecular formula is C15H15NO2S. The average Bonchev–Trinajstić information content (AvgIpc) is 2.41. The van der Waals surface area contributed by atoms with Gasteiger partial charge in [-0.15, -0.1) is 12.6 Å². The summed E-state index contributed by atoms with van der Waals surface area (Å²) in [6.07, 6.45) is 0. The number of carboxylic acids is 1. The summed E-state index contributed by atoms with van der Waals surface area (Å²) < 4.78 is 0. The van der Waals surface area contributed by atoms with Crippen LogP contribution in [0.2, 0.25) is 0 Å². The molecule has 0 bridgehead atoms. The third-order valence-electron chi connectivity index (χ3n) is 2.92. The first-order valence-electron chi connectivity index (χ1n) is 5.92. The summed E-state index contributed by atoms with van der Waals surface area (Å²) >= 11 is 4.41. The molecule has 0 heterocycles. The zero-order valence-electron chi connectivity index (χ0n) is 10.5. The molecular weight excluding hydrogens is 258 g/mol. The van der Waals surface area contributed by atoms with E-state index >= 15 is 0 Å². The number of aryl methyl sites for hydroxylation is 1. The van der Waals surface area contributed by atoms with Gasteiger partial charge in [-0.05, 0) is 24.1 Å². The number of nitrogens with one attached hydrogen (secondary N) is 1. The highest BCUT2D eigenvalue weighted by Gasteiger charge is 2.20. The molecule has 2 aromatic carbocycles. The van der Waals surface area contributed by atoms with Crippen LogP contribution < -0.4 is 5.32 Å². The number of anilines is 1. The largest absolute Gasteiger partial charge is 0.479 e. The van der Waals surface area contributed by atoms with Crippen molar-refractivity contribution in [3.8, 4) is 0 Å². The second kappa shape index (κ2) is 5.80. The highest BCUT2D eigenvalue weighted by atomic mass is 32.1. The topological polar surface area (TPSA) is 49.3 Å². The van der Waals surface area contributed by atoms with Crippen LogP contribution in [0.4, 0.5) is 5.69 Å². The standard InChI is InChI=1S/C15H15NO2S/c1-10-6-5-9-12(14(10)19)16-13(15(17)18)11-7-3-2-4-8-11/h2-9,13,16,19H,1H3,(H,17,18). The lowest BCUT2D eigenvalue weighted by molar-refractivity contribution is -0.138. The minimum absolute atomic E-state index is 0.712. The molecule has 0 saturated heterocycles. The van der Waals surface area contributed by atoms with Crippen LogP contribution in [0.25, 0.3) is 0 Å². The van der Waals surface area contributed by atoms with Gasteiger partial charge in [0.15, 0.2) is 6.04 Å². The van der Waals surface area contributed by atoms with Crippen molar-refractivity contribution in [3.05, 3.63) is 59.7 Å². The lowest BCUT2D eigenvalue weighted by Crippen LogP contribution is -2.20. The van der Waals surface area contributed by atoms with Crippen LogP contribution in [-0.4, -0.2) is 11.1 Å². The maximum absolute atomic E-state index is 11.4. The van der Waals surface area contributed by atoms with E-state index in [2.05, 4.69) is 17.9 Å². The number of aliphatic carboxylic acids is 1. The Kier molecular flexibility index (Phi) is 4.12. The maximum Gasteiger partial charge on any atom is 0.330 e. The van der Waals surface area contributed by atoms with Gasteiger partial charge in [-0.2, -0.15) is 0 Å². The van der Waals surface area contributed by atoms with Gasteiger partial charge in [0.1, 0.15) is 0 Å². The lowest BCUT2D eigenvalue weighted by Gasteiger charge is -2.18. The first-order chi connectivity index (χ1) is 9.09. The Bertz CT molecular complexity index is 584. The Hall–Kier alpha value is -1.94. The summed E-state index contributed by atoms with van der Waals surface area (Å²) in [4.78, 5) is 12.2. The van der Waals surface area contributed by atoms with Gasteiger partial charge in [-0.3, -0.25) is 0 Å². The van der Waals surface area contributed by atoms with Gasteiger partial charge in [0.2, 0.25) is 0 Å². The zero-order valence-corrected chi connectivity index (χ0v) is 11.4. The molecule has 0 fully saturated rings. The van der Waals surface area contributed by atoms with E-state index in [0.717, 1.165) is 16.1 Å². The van der Waals surface area contributed by atoms with Gasteiger partial charge in [0.25, 0.3) is 0 Å². The van der Waals surface area contributed by atoms with E-state index < -0.39 is 12.0 Å². The number of thiol groups is 1. The lowest BCUT2D eigenvalue weighted by atomic mass is 10.1. The van der Waals surface area contributed by atoms with Gasteiger partial charge in [0, 0.05) is 10.6 Å². The molecule has 4 heteroatoms. The van der Waals surface area contributed by atoms with Crippen LogP contribution in [0.1, 0.15) is 17.2 Å². The van der Waals surface area contributed by atoms with Gasteiger partial charge < -0.3 is 10.4 Å². The van der Waals surface area contributed by atoms with Gasteiger partial charge in [-0.1, -0.05) is 42.5 Å². The molecule has 0 aliphatic heterocycles. The molecule has 0 amide bonds. The van der Waals surface area contributed by atoms with Crippen molar-refractivity contribution in [1.29, 1.82) is 0 Å². The maximum atomic E-state index is 11.4. The Morgan fingerprint density at radius 3 is 2.47 bits per heavy atom. The first-order valence-corrected chi connectivity index (χ1v) is 6.37. The quantitative estimate of drug-likeness (QED) is 0.747. The van der Waals surface area contributed by atoms with Crippen LogP contribution in [0.15, 0.2) is 53.4 Å². The van der Waals surface area contributed by atoms with Crippen LogP contribution in [0, 0.1) is 6.92 Å². The van der Waals surface area contributed by atoms with Crippen LogP contribution in [0.3, 0.4) is 0 Å². The monoisotopic (exact) mass is 273 g/mol. The SMILES string of the molecule is Cc1cccc(NC(C(=O)O)c2ccccc2)c1S. The Morgan fingerprint density at radius 1 is 1.16 bits per heavy atom. The van der Waals surface area contributed by atoms with Gasteiger partial charge in [0.05, 0.1) is 0 Å². The van der Waals surface area contributed by atoms with Crippen molar-refractivity contribution in [3.63, 3.8) is 0 Å². The van der Waals surface area contributed by atoms with Crippen LogP contribution in [-0.2, 0) is 4.79 Å². The van der Waals surface area contributed by atoms with Crippen molar-refractivity contribution in [2.75, 3.05) is 5.32 Å². The smallest absolute Gasteiger partial charge is 0.330 e. The number of hydrogen-bond donors (Lipinski definition) is 3.